The van der Waals surface area contributed by atoms with Crippen molar-refractivity contribution in [1.29, 1.82) is 0 Å². The van der Waals surface area contributed by atoms with Crippen molar-refractivity contribution in [2.45, 2.75) is 26.3 Å². The number of benzene rings is 2. The second-order valence-electron chi connectivity index (χ2n) is 5.73. The predicted molar refractivity (Wildman–Crippen MR) is 85.9 cm³/mol. The van der Waals surface area contributed by atoms with E-state index in [4.69, 9.17) is 5.73 Å². The molecule has 1 atom stereocenters. The molecule has 4 heteroatoms. The van der Waals surface area contributed by atoms with Crippen LogP contribution in [0.3, 0.4) is 0 Å². The number of nitrogens with two attached hydrogens (primary N) is 1. The largest absolute Gasteiger partial charge is 0.368 e. The van der Waals surface area contributed by atoms with Gasteiger partial charge in [-0.05, 0) is 48.7 Å². The Labute approximate surface area is 129 Å². The molecule has 0 unspecified atom stereocenters. The van der Waals surface area contributed by atoms with Crippen LogP contribution in [0, 0.1) is 13.8 Å². The average molecular weight is 294 g/mol. The number of anilines is 1. The van der Waals surface area contributed by atoms with Crippen LogP contribution in [0.4, 0.5) is 5.69 Å². The lowest BCUT2D eigenvalue weighted by molar-refractivity contribution is -0.119. The van der Waals surface area contributed by atoms with Crippen LogP contribution in [-0.4, -0.2) is 17.9 Å². The number of carbonyl (C=O) groups excluding carboxylic acids is 2. The third-order valence-corrected chi connectivity index (χ3v) is 4.28. The van der Waals surface area contributed by atoms with E-state index in [0.29, 0.717) is 12.0 Å². The average Bonchev–Trinajstić information content (AvgIpc) is 2.89. The number of fused-ring (bicyclic) bond motifs is 1. The number of amides is 2. The highest BCUT2D eigenvalue weighted by molar-refractivity contribution is 6.11. The van der Waals surface area contributed by atoms with Gasteiger partial charge in [0.2, 0.25) is 5.91 Å². The van der Waals surface area contributed by atoms with Crippen molar-refractivity contribution < 1.29 is 9.59 Å². The summed E-state index contributed by atoms with van der Waals surface area (Å²) in [5.74, 6) is -0.662. The van der Waals surface area contributed by atoms with Crippen LogP contribution in [0.2, 0.25) is 0 Å². The fourth-order valence-electron chi connectivity index (χ4n) is 2.88. The van der Waals surface area contributed by atoms with E-state index in [9.17, 15) is 9.59 Å². The lowest BCUT2D eigenvalue weighted by atomic mass is 10.0. The summed E-state index contributed by atoms with van der Waals surface area (Å²) in [7, 11) is 0. The normalized spacial score (nSPS) is 16.5. The van der Waals surface area contributed by atoms with Crippen molar-refractivity contribution in [3.8, 4) is 0 Å². The third-order valence-electron chi connectivity index (χ3n) is 4.28. The Hall–Kier alpha value is -2.62. The molecule has 3 rings (SSSR count). The molecule has 2 aromatic carbocycles. The first-order valence-corrected chi connectivity index (χ1v) is 7.27. The van der Waals surface area contributed by atoms with Crippen LogP contribution in [0.15, 0.2) is 42.5 Å². The summed E-state index contributed by atoms with van der Waals surface area (Å²) >= 11 is 0. The van der Waals surface area contributed by atoms with Gasteiger partial charge in [0.25, 0.3) is 5.91 Å². The Bertz CT molecular complexity index is 767. The maximum absolute atomic E-state index is 12.9. The molecule has 112 valence electrons. The zero-order valence-electron chi connectivity index (χ0n) is 12.7. The number of rotatable bonds is 2. The molecule has 0 aliphatic carbocycles. The van der Waals surface area contributed by atoms with Gasteiger partial charge in [0, 0.05) is 17.7 Å². The van der Waals surface area contributed by atoms with E-state index < -0.39 is 11.9 Å². The van der Waals surface area contributed by atoms with Crippen molar-refractivity contribution in [1.82, 2.24) is 0 Å². The summed E-state index contributed by atoms with van der Waals surface area (Å²) in [6.45, 7) is 3.97. The number of nitrogens with zero attached hydrogens (tertiary/aromatic N) is 1. The summed E-state index contributed by atoms with van der Waals surface area (Å²) < 4.78 is 0. The van der Waals surface area contributed by atoms with Crippen molar-refractivity contribution >= 4 is 17.5 Å². The van der Waals surface area contributed by atoms with Crippen LogP contribution >= 0.6 is 0 Å². The number of para-hydroxylation sites is 1. The number of carbonyl (C=O) groups is 2. The first-order chi connectivity index (χ1) is 10.5. The fraction of sp³-hybridized carbons (Fsp3) is 0.222. The topological polar surface area (TPSA) is 63.4 Å². The second kappa shape index (κ2) is 5.30. The molecule has 0 saturated carbocycles. The maximum Gasteiger partial charge on any atom is 0.259 e. The Kier molecular flexibility index (Phi) is 3.45. The minimum Gasteiger partial charge on any atom is -0.368 e. The first-order valence-electron chi connectivity index (χ1n) is 7.27. The van der Waals surface area contributed by atoms with Crippen LogP contribution in [0.1, 0.15) is 27.0 Å². The molecule has 0 fully saturated rings. The van der Waals surface area contributed by atoms with Gasteiger partial charge in [-0.25, -0.2) is 0 Å². The molecule has 0 saturated heterocycles. The molecule has 0 radical (unpaired) electrons. The Balaban J connectivity index is 2.05. The van der Waals surface area contributed by atoms with E-state index in [0.717, 1.165) is 22.4 Å². The van der Waals surface area contributed by atoms with Crippen LogP contribution < -0.4 is 10.6 Å². The highest BCUT2D eigenvalue weighted by Crippen LogP contribution is 2.33. The minimum atomic E-state index is -0.619. The van der Waals surface area contributed by atoms with E-state index in [1.807, 2.05) is 50.2 Å². The van der Waals surface area contributed by atoms with E-state index in [2.05, 4.69) is 0 Å². The van der Waals surface area contributed by atoms with Gasteiger partial charge in [-0.15, -0.1) is 0 Å². The van der Waals surface area contributed by atoms with Gasteiger partial charge in [0.05, 0.1) is 0 Å². The van der Waals surface area contributed by atoms with Gasteiger partial charge in [-0.3, -0.25) is 14.5 Å². The summed E-state index contributed by atoms with van der Waals surface area (Å²) in [4.78, 5) is 26.2. The van der Waals surface area contributed by atoms with Gasteiger partial charge < -0.3 is 5.73 Å². The smallest absolute Gasteiger partial charge is 0.259 e. The molecule has 0 aromatic heterocycles. The number of aryl methyl sites for hydroxylation is 2. The third kappa shape index (κ3) is 2.26. The van der Waals surface area contributed by atoms with Crippen molar-refractivity contribution in [3.63, 3.8) is 0 Å². The van der Waals surface area contributed by atoms with Gasteiger partial charge >= 0.3 is 0 Å². The van der Waals surface area contributed by atoms with Gasteiger partial charge in [-0.2, -0.15) is 0 Å². The van der Waals surface area contributed by atoms with Crippen molar-refractivity contribution in [2.24, 2.45) is 5.73 Å². The van der Waals surface area contributed by atoms with Crippen molar-refractivity contribution in [2.75, 3.05) is 4.90 Å². The molecule has 0 spiro atoms. The maximum atomic E-state index is 12.9. The molecule has 1 heterocycles. The lowest BCUT2D eigenvalue weighted by Gasteiger charge is -2.23. The molecule has 2 amide bonds. The fourth-order valence-corrected chi connectivity index (χ4v) is 2.88. The Morgan fingerprint density at radius 1 is 1.09 bits per heavy atom. The summed E-state index contributed by atoms with van der Waals surface area (Å²) in [5.41, 5.74) is 10.0. The molecule has 2 N–H and O–H groups in total. The van der Waals surface area contributed by atoms with Crippen LogP contribution in [-0.2, 0) is 11.2 Å². The Morgan fingerprint density at radius 2 is 1.82 bits per heavy atom. The molecule has 1 aliphatic rings. The summed E-state index contributed by atoms with van der Waals surface area (Å²) in [6, 6.07) is 12.5. The minimum absolute atomic E-state index is 0.183. The predicted octanol–water partition coefficient (Wildman–Crippen LogP) is 2.36. The quantitative estimate of drug-likeness (QED) is 0.924. The lowest BCUT2D eigenvalue weighted by Crippen LogP contribution is -2.46. The highest BCUT2D eigenvalue weighted by atomic mass is 16.2. The van der Waals surface area contributed by atoms with Crippen LogP contribution in [0.5, 0.6) is 0 Å². The monoisotopic (exact) mass is 294 g/mol. The molecule has 0 bridgehead atoms. The van der Waals surface area contributed by atoms with Gasteiger partial charge in [0.1, 0.15) is 6.04 Å². The molecular formula is C18H18N2O2. The van der Waals surface area contributed by atoms with E-state index in [1.54, 1.807) is 6.07 Å². The highest BCUT2D eigenvalue weighted by Gasteiger charge is 2.37. The van der Waals surface area contributed by atoms with E-state index in [-0.39, 0.29) is 5.91 Å². The van der Waals surface area contributed by atoms with Crippen LogP contribution in [0.25, 0.3) is 0 Å². The zero-order valence-corrected chi connectivity index (χ0v) is 12.7. The second-order valence-corrected chi connectivity index (χ2v) is 5.73. The SMILES string of the molecule is Cc1ccc(C(=O)N2c3ccccc3C[C@@H]2C(N)=O)cc1C. The number of hydrogen-bond acceptors (Lipinski definition) is 2. The molecular weight excluding hydrogens is 276 g/mol. The summed E-state index contributed by atoms with van der Waals surface area (Å²) in [5, 5.41) is 0. The van der Waals surface area contributed by atoms with Crippen molar-refractivity contribution in [3.05, 3.63) is 64.7 Å². The summed E-state index contributed by atoms with van der Waals surface area (Å²) in [6.07, 6.45) is 0.474. The molecule has 2 aromatic rings. The Morgan fingerprint density at radius 3 is 2.50 bits per heavy atom. The molecule has 22 heavy (non-hydrogen) atoms. The van der Waals surface area contributed by atoms with E-state index in [1.165, 1.54) is 4.90 Å². The molecule has 1 aliphatic heterocycles. The van der Waals surface area contributed by atoms with E-state index >= 15 is 0 Å². The number of hydrogen-bond donors (Lipinski definition) is 1. The first kappa shape index (κ1) is 14.3. The molecule has 4 nitrogen and oxygen atoms in total. The van der Waals surface area contributed by atoms with Gasteiger partial charge in [0.15, 0.2) is 0 Å². The zero-order chi connectivity index (χ0) is 15.9. The number of primary amides is 1. The standard InChI is InChI=1S/C18H18N2O2/c1-11-7-8-14(9-12(11)2)18(22)20-15-6-4-3-5-13(15)10-16(20)17(19)21/h3-9,16H,10H2,1-2H3,(H2,19,21)/t16-/m1/s1. The van der Waals surface area contributed by atoms with Gasteiger partial charge in [-0.1, -0.05) is 24.3 Å².